The highest BCUT2D eigenvalue weighted by Crippen LogP contribution is 1.87. The Bertz CT molecular complexity index is 259. The Hall–Kier alpha value is -1.66. The van der Waals surface area contributed by atoms with E-state index >= 15 is 0 Å². The van der Waals surface area contributed by atoms with E-state index in [1.807, 2.05) is 0 Å². The minimum Gasteiger partial charge on any atom is -0.478 e. The summed E-state index contributed by atoms with van der Waals surface area (Å²) in [5, 5.41) is 16.8. The van der Waals surface area contributed by atoms with Gasteiger partial charge in [0, 0.05) is 18.8 Å². The highest BCUT2D eigenvalue weighted by atomic mass is 16.5. The lowest BCUT2D eigenvalue weighted by Gasteiger charge is -2.08. The third-order valence-electron chi connectivity index (χ3n) is 1.31. The summed E-state index contributed by atoms with van der Waals surface area (Å²) in [5.41, 5.74) is 0.176. The monoisotopic (exact) mass is 246 g/mol. The Kier molecular flexibility index (Phi) is 11.3. The van der Waals surface area contributed by atoms with E-state index in [-0.39, 0.29) is 18.8 Å². The Labute approximate surface area is 100 Å². The predicted molar refractivity (Wildman–Crippen MR) is 61.5 cm³/mol. The van der Waals surface area contributed by atoms with E-state index in [1.54, 1.807) is 0 Å². The van der Waals surface area contributed by atoms with E-state index in [2.05, 4.69) is 22.6 Å². The highest BCUT2D eigenvalue weighted by Gasteiger charge is 2.04. The van der Waals surface area contributed by atoms with Gasteiger partial charge in [0.05, 0.1) is 6.61 Å². The minimum atomic E-state index is -0.935. The average Bonchev–Trinajstić information content (AvgIpc) is 2.27. The second-order valence-corrected chi connectivity index (χ2v) is 3.03. The Morgan fingerprint density at radius 1 is 1.41 bits per heavy atom. The summed E-state index contributed by atoms with van der Waals surface area (Å²) >= 11 is 0. The molecule has 0 aromatic carbocycles. The molecule has 1 unspecified atom stereocenters. The van der Waals surface area contributed by atoms with E-state index in [0.29, 0.717) is 0 Å². The number of carboxylic acid groups (broad SMARTS) is 1. The molecule has 0 bridgehead atoms. The topological polar surface area (TPSA) is 93.1 Å². The van der Waals surface area contributed by atoms with Gasteiger partial charge in [-0.15, -0.1) is 0 Å². The van der Waals surface area contributed by atoms with Crippen molar-refractivity contribution in [2.24, 2.45) is 0 Å². The molecule has 0 fully saturated rings. The molecule has 0 heterocycles. The number of aliphatic hydroxyl groups excluding tert-OH is 1. The fourth-order valence-electron chi connectivity index (χ4n) is 0.478. The number of aliphatic carboxylic acids is 1. The fourth-order valence-corrected chi connectivity index (χ4v) is 0.478. The molecule has 0 rings (SSSR count). The van der Waals surface area contributed by atoms with E-state index < -0.39 is 18.0 Å². The molecule has 0 aliphatic carbocycles. The molecule has 98 valence electrons. The van der Waals surface area contributed by atoms with Gasteiger partial charge in [0.25, 0.3) is 0 Å². The lowest BCUT2D eigenvalue weighted by molar-refractivity contribution is -0.141. The molecule has 2 N–H and O–H groups in total. The second-order valence-electron chi connectivity index (χ2n) is 3.03. The van der Waals surface area contributed by atoms with Crippen LogP contribution in [0.5, 0.6) is 0 Å². The summed E-state index contributed by atoms with van der Waals surface area (Å²) in [6, 6.07) is 0. The number of esters is 1. The maximum Gasteiger partial charge on any atom is 0.330 e. The molecular formula is C11H18O6. The Morgan fingerprint density at radius 2 is 1.88 bits per heavy atom. The van der Waals surface area contributed by atoms with Gasteiger partial charge in [-0.2, -0.15) is 0 Å². The van der Waals surface area contributed by atoms with Crippen molar-refractivity contribution in [1.29, 1.82) is 0 Å². The molecule has 0 saturated heterocycles. The van der Waals surface area contributed by atoms with Crippen LogP contribution in [0.2, 0.25) is 0 Å². The van der Waals surface area contributed by atoms with Crippen LogP contribution in [0.4, 0.5) is 0 Å². The van der Waals surface area contributed by atoms with Crippen LogP contribution in [0.15, 0.2) is 24.8 Å². The molecule has 0 aliphatic rings. The largest absolute Gasteiger partial charge is 0.478 e. The van der Waals surface area contributed by atoms with Gasteiger partial charge >= 0.3 is 11.9 Å². The second kappa shape index (κ2) is 10.8. The first-order chi connectivity index (χ1) is 7.84. The van der Waals surface area contributed by atoms with Crippen LogP contribution in [0.1, 0.15) is 6.92 Å². The number of hydrogen-bond acceptors (Lipinski definition) is 5. The average molecular weight is 246 g/mol. The van der Waals surface area contributed by atoms with Gasteiger partial charge in [0.2, 0.25) is 0 Å². The smallest absolute Gasteiger partial charge is 0.330 e. The molecule has 6 heteroatoms. The maximum absolute atomic E-state index is 10.4. The summed E-state index contributed by atoms with van der Waals surface area (Å²) < 4.78 is 9.12. The molecule has 6 nitrogen and oxygen atoms in total. The van der Waals surface area contributed by atoms with Crippen LogP contribution in [0, 0.1) is 0 Å². The van der Waals surface area contributed by atoms with E-state index in [4.69, 9.17) is 10.2 Å². The third kappa shape index (κ3) is 14.3. The molecule has 0 aromatic rings. The zero-order chi connectivity index (χ0) is 13.8. The normalized spacial score (nSPS) is 10.5. The molecule has 0 amide bonds. The van der Waals surface area contributed by atoms with E-state index in [0.717, 1.165) is 6.08 Å². The minimum absolute atomic E-state index is 0.0569. The number of aliphatic hydroxyl groups is 1. The van der Waals surface area contributed by atoms with Crippen molar-refractivity contribution in [2.45, 2.75) is 13.0 Å². The number of methoxy groups -OCH3 is 1. The van der Waals surface area contributed by atoms with Gasteiger partial charge in [0.1, 0.15) is 12.7 Å². The fraction of sp³-hybridized carbons (Fsp3) is 0.455. The summed E-state index contributed by atoms with van der Waals surface area (Å²) in [6.07, 6.45) is 0.281. The number of carbonyl (C=O) groups excluding carboxylic acids is 1. The van der Waals surface area contributed by atoms with Gasteiger partial charge in [-0.1, -0.05) is 13.2 Å². The molecular weight excluding hydrogens is 228 g/mol. The van der Waals surface area contributed by atoms with Gasteiger partial charge < -0.3 is 19.7 Å². The number of hydrogen-bond donors (Lipinski definition) is 2. The van der Waals surface area contributed by atoms with Crippen LogP contribution >= 0.6 is 0 Å². The predicted octanol–water partition coefficient (Wildman–Crippen LogP) is 0.370. The van der Waals surface area contributed by atoms with Gasteiger partial charge in [-0.05, 0) is 6.92 Å². The van der Waals surface area contributed by atoms with Gasteiger partial charge in [-0.3, -0.25) is 0 Å². The molecule has 0 radical (unpaired) electrons. The quantitative estimate of drug-likeness (QED) is 0.519. The van der Waals surface area contributed by atoms with Crippen molar-refractivity contribution in [3.63, 3.8) is 0 Å². The van der Waals surface area contributed by atoms with Crippen molar-refractivity contribution in [1.82, 2.24) is 0 Å². The molecule has 0 aliphatic heterocycles. The zero-order valence-corrected chi connectivity index (χ0v) is 10.0. The van der Waals surface area contributed by atoms with Crippen molar-refractivity contribution in [3.05, 3.63) is 24.8 Å². The highest BCUT2D eigenvalue weighted by molar-refractivity contribution is 5.84. The Morgan fingerprint density at radius 3 is 2.18 bits per heavy atom. The van der Waals surface area contributed by atoms with Gasteiger partial charge in [-0.25, -0.2) is 9.59 Å². The molecule has 1 atom stereocenters. The summed E-state index contributed by atoms with van der Waals surface area (Å²) in [6.45, 7) is 7.90. The summed E-state index contributed by atoms with van der Waals surface area (Å²) in [5.74, 6) is -1.48. The standard InChI is InChI=1S/C7H12O4.C4H6O2/c1-3-7(9)11-5-6(8)4-10-2;1-3(2)4(5)6/h3,6,8H,1,4-5H2,2H3;1H2,2H3,(H,5,6). The summed E-state index contributed by atoms with van der Waals surface area (Å²) in [7, 11) is 1.46. The van der Waals surface area contributed by atoms with Crippen LogP contribution in [-0.4, -0.2) is 48.6 Å². The van der Waals surface area contributed by atoms with Crippen LogP contribution in [0.25, 0.3) is 0 Å². The van der Waals surface area contributed by atoms with Crippen molar-refractivity contribution >= 4 is 11.9 Å². The van der Waals surface area contributed by atoms with Crippen molar-refractivity contribution < 1.29 is 29.3 Å². The number of ether oxygens (including phenoxy) is 2. The third-order valence-corrected chi connectivity index (χ3v) is 1.31. The first-order valence-corrected chi connectivity index (χ1v) is 4.70. The lowest BCUT2D eigenvalue weighted by Crippen LogP contribution is -2.22. The maximum atomic E-state index is 10.4. The molecule has 17 heavy (non-hydrogen) atoms. The first kappa shape index (κ1) is 17.7. The Balaban J connectivity index is 0. The van der Waals surface area contributed by atoms with E-state index in [1.165, 1.54) is 14.0 Å². The number of carbonyl (C=O) groups is 2. The van der Waals surface area contributed by atoms with Crippen LogP contribution in [0.3, 0.4) is 0 Å². The molecule has 0 spiro atoms. The molecule has 0 aromatic heterocycles. The van der Waals surface area contributed by atoms with Crippen LogP contribution < -0.4 is 0 Å². The number of carboxylic acids is 1. The molecule has 0 saturated carbocycles. The first-order valence-electron chi connectivity index (χ1n) is 4.70. The van der Waals surface area contributed by atoms with Crippen LogP contribution in [-0.2, 0) is 19.1 Å². The zero-order valence-electron chi connectivity index (χ0n) is 10.0. The SMILES string of the molecule is C=C(C)C(=O)O.C=CC(=O)OCC(O)COC. The lowest BCUT2D eigenvalue weighted by atomic mass is 10.4. The van der Waals surface area contributed by atoms with Crippen molar-refractivity contribution in [3.8, 4) is 0 Å². The summed E-state index contributed by atoms with van der Waals surface area (Å²) in [4.78, 5) is 20.0. The number of rotatable bonds is 6. The van der Waals surface area contributed by atoms with Gasteiger partial charge in [0.15, 0.2) is 0 Å². The van der Waals surface area contributed by atoms with E-state index in [9.17, 15) is 9.59 Å². The van der Waals surface area contributed by atoms with Crippen molar-refractivity contribution in [2.75, 3.05) is 20.3 Å².